The van der Waals surface area contributed by atoms with Crippen molar-refractivity contribution in [2.75, 3.05) is 5.32 Å². The molecule has 0 saturated heterocycles. The molecule has 3 aromatic rings. The van der Waals surface area contributed by atoms with Gasteiger partial charge >= 0.3 is 0 Å². The van der Waals surface area contributed by atoms with Gasteiger partial charge in [-0.1, -0.05) is 35.3 Å². The highest BCUT2D eigenvalue weighted by Crippen LogP contribution is 2.31. The molecule has 3 rings (SSSR count). The number of nitrogens with one attached hydrogen (secondary N) is 1. The summed E-state index contributed by atoms with van der Waals surface area (Å²) in [6.07, 6.45) is 0. The highest BCUT2D eigenvalue weighted by Gasteiger charge is 2.17. The summed E-state index contributed by atoms with van der Waals surface area (Å²) in [5, 5.41) is 14.1. The molecule has 8 heteroatoms. The van der Waals surface area contributed by atoms with E-state index in [4.69, 9.17) is 27.6 Å². The van der Waals surface area contributed by atoms with Crippen molar-refractivity contribution in [3.63, 3.8) is 0 Å². The van der Waals surface area contributed by atoms with Crippen molar-refractivity contribution < 1.29 is 14.1 Å². The fraction of sp³-hybridized carbons (Fsp3) is 0.0556. The van der Waals surface area contributed by atoms with Gasteiger partial charge in [0.25, 0.3) is 11.6 Å². The Morgan fingerprint density at radius 1 is 1.12 bits per heavy atom. The van der Waals surface area contributed by atoms with Gasteiger partial charge in [0, 0.05) is 22.3 Å². The number of hydrogen-bond donors (Lipinski definition) is 1. The van der Waals surface area contributed by atoms with Crippen molar-refractivity contribution in [2.45, 2.75) is 6.92 Å². The van der Waals surface area contributed by atoms with E-state index in [1.165, 1.54) is 24.3 Å². The second kappa shape index (κ2) is 7.19. The van der Waals surface area contributed by atoms with Crippen LogP contribution >= 0.6 is 23.2 Å². The predicted molar refractivity (Wildman–Crippen MR) is 100.0 cm³/mol. The normalized spacial score (nSPS) is 10.6. The lowest BCUT2D eigenvalue weighted by molar-refractivity contribution is -0.384. The first kappa shape index (κ1) is 18.0. The van der Waals surface area contributed by atoms with Crippen LogP contribution in [0.4, 0.5) is 11.4 Å². The molecule has 1 aromatic heterocycles. The third-order valence-corrected chi connectivity index (χ3v) is 4.49. The van der Waals surface area contributed by atoms with Crippen LogP contribution in [0.15, 0.2) is 52.9 Å². The van der Waals surface area contributed by atoms with Crippen molar-refractivity contribution in [1.82, 2.24) is 0 Å². The lowest BCUT2D eigenvalue weighted by atomic mass is 10.1. The van der Waals surface area contributed by atoms with Gasteiger partial charge in [0.05, 0.1) is 4.92 Å². The van der Waals surface area contributed by atoms with Gasteiger partial charge in [0.1, 0.15) is 10.8 Å². The molecule has 0 unspecified atom stereocenters. The number of furan rings is 1. The van der Waals surface area contributed by atoms with Crippen LogP contribution in [0.5, 0.6) is 0 Å². The molecule has 6 nitrogen and oxygen atoms in total. The van der Waals surface area contributed by atoms with Crippen LogP contribution in [0.2, 0.25) is 10.0 Å². The molecule has 2 aromatic carbocycles. The number of amides is 1. The number of hydrogen-bond acceptors (Lipinski definition) is 4. The Morgan fingerprint density at radius 3 is 2.62 bits per heavy atom. The number of carbonyl (C=O) groups excluding carboxylic acids is 1. The van der Waals surface area contributed by atoms with Crippen LogP contribution in [0, 0.1) is 17.0 Å². The first-order valence-electron chi connectivity index (χ1n) is 7.47. The minimum Gasteiger partial charge on any atom is -0.451 e. The van der Waals surface area contributed by atoms with Gasteiger partial charge < -0.3 is 9.73 Å². The number of anilines is 1. The summed E-state index contributed by atoms with van der Waals surface area (Å²) in [6, 6.07) is 12.6. The number of nitro groups is 1. The summed E-state index contributed by atoms with van der Waals surface area (Å²) in [5.74, 6) is 0.0294. The summed E-state index contributed by atoms with van der Waals surface area (Å²) in [4.78, 5) is 22.7. The minimum absolute atomic E-state index is 0.00952. The third kappa shape index (κ3) is 3.56. The number of nitro benzene ring substituents is 1. The van der Waals surface area contributed by atoms with E-state index in [2.05, 4.69) is 5.32 Å². The molecule has 1 amide bonds. The van der Waals surface area contributed by atoms with Crippen LogP contribution in [-0.2, 0) is 0 Å². The second-order valence-electron chi connectivity index (χ2n) is 5.45. The van der Waals surface area contributed by atoms with E-state index in [9.17, 15) is 14.9 Å². The highest BCUT2D eigenvalue weighted by molar-refractivity contribution is 6.32. The van der Waals surface area contributed by atoms with Crippen LogP contribution in [-0.4, -0.2) is 10.8 Å². The van der Waals surface area contributed by atoms with Crippen molar-refractivity contribution in [2.24, 2.45) is 0 Å². The molecule has 0 aliphatic heterocycles. The van der Waals surface area contributed by atoms with E-state index in [-0.39, 0.29) is 22.2 Å². The lowest BCUT2D eigenvalue weighted by Gasteiger charge is -2.05. The Labute approximate surface area is 158 Å². The van der Waals surface area contributed by atoms with E-state index in [1.807, 2.05) is 13.0 Å². The molecular formula is C18H12Cl2N2O4. The first-order chi connectivity index (χ1) is 12.4. The van der Waals surface area contributed by atoms with E-state index in [0.29, 0.717) is 10.8 Å². The number of carbonyl (C=O) groups is 1. The molecule has 1 N–H and O–H groups in total. The number of halogens is 2. The van der Waals surface area contributed by atoms with E-state index >= 15 is 0 Å². The summed E-state index contributed by atoms with van der Waals surface area (Å²) in [5.41, 5.74) is 1.56. The molecule has 0 saturated carbocycles. The maximum atomic E-state index is 12.3. The van der Waals surface area contributed by atoms with Crippen LogP contribution in [0.3, 0.4) is 0 Å². The molecular weight excluding hydrogens is 379 g/mol. The average molecular weight is 391 g/mol. The van der Waals surface area contributed by atoms with Gasteiger partial charge in [-0.2, -0.15) is 0 Å². The maximum absolute atomic E-state index is 12.3. The zero-order valence-electron chi connectivity index (χ0n) is 13.5. The van der Waals surface area contributed by atoms with Crippen molar-refractivity contribution >= 4 is 40.5 Å². The fourth-order valence-electron chi connectivity index (χ4n) is 2.40. The molecule has 0 aliphatic rings. The summed E-state index contributed by atoms with van der Waals surface area (Å²) >= 11 is 11.9. The molecule has 0 aliphatic carbocycles. The van der Waals surface area contributed by atoms with Crippen LogP contribution in [0.1, 0.15) is 16.1 Å². The van der Waals surface area contributed by atoms with Crippen molar-refractivity contribution in [3.05, 3.63) is 80.0 Å². The SMILES string of the molecule is Cc1c(Cl)cccc1-c1ccc(C(=O)Nc2ccc(Cl)c([N+](=O)[O-])c2)o1. The topological polar surface area (TPSA) is 85.4 Å². The monoisotopic (exact) mass is 390 g/mol. The molecule has 0 radical (unpaired) electrons. The van der Waals surface area contributed by atoms with Gasteiger partial charge in [0.15, 0.2) is 5.76 Å². The molecule has 0 fully saturated rings. The van der Waals surface area contributed by atoms with Gasteiger partial charge in [-0.15, -0.1) is 0 Å². The Balaban J connectivity index is 1.84. The Bertz CT molecular complexity index is 1010. The number of benzene rings is 2. The number of rotatable bonds is 4. The zero-order chi connectivity index (χ0) is 18.8. The largest absolute Gasteiger partial charge is 0.451 e. The predicted octanol–water partition coefficient (Wildman–Crippen LogP) is 5.72. The molecule has 0 spiro atoms. The van der Waals surface area contributed by atoms with Crippen LogP contribution in [0.25, 0.3) is 11.3 Å². The lowest BCUT2D eigenvalue weighted by Crippen LogP contribution is -2.11. The van der Waals surface area contributed by atoms with Gasteiger partial charge in [-0.05, 0) is 42.8 Å². The fourth-order valence-corrected chi connectivity index (χ4v) is 2.76. The minimum atomic E-state index is -0.620. The van der Waals surface area contributed by atoms with E-state index < -0.39 is 10.8 Å². The Kier molecular flexibility index (Phi) is 4.97. The molecule has 26 heavy (non-hydrogen) atoms. The average Bonchev–Trinajstić information content (AvgIpc) is 3.08. The standard InChI is InChI=1S/C18H12Cl2N2O4/c1-10-12(3-2-4-13(10)19)16-7-8-17(26-16)18(23)21-11-5-6-14(20)15(9-11)22(24)25/h2-9H,1H3,(H,21,23). The van der Waals surface area contributed by atoms with Crippen LogP contribution < -0.4 is 5.32 Å². The summed E-state index contributed by atoms with van der Waals surface area (Å²) < 4.78 is 5.61. The molecule has 1 heterocycles. The van der Waals surface area contributed by atoms with E-state index in [1.54, 1.807) is 18.2 Å². The van der Waals surface area contributed by atoms with Gasteiger partial charge in [-0.25, -0.2) is 0 Å². The van der Waals surface area contributed by atoms with Gasteiger partial charge in [0.2, 0.25) is 0 Å². The molecule has 132 valence electrons. The molecule has 0 atom stereocenters. The summed E-state index contributed by atoms with van der Waals surface area (Å²) in [6.45, 7) is 1.85. The van der Waals surface area contributed by atoms with Crippen molar-refractivity contribution in [1.29, 1.82) is 0 Å². The summed E-state index contributed by atoms with van der Waals surface area (Å²) in [7, 11) is 0. The maximum Gasteiger partial charge on any atom is 0.291 e. The zero-order valence-corrected chi connectivity index (χ0v) is 15.0. The third-order valence-electron chi connectivity index (χ3n) is 3.76. The first-order valence-corrected chi connectivity index (χ1v) is 8.23. The quantitative estimate of drug-likeness (QED) is 0.455. The second-order valence-corrected chi connectivity index (χ2v) is 6.27. The highest BCUT2D eigenvalue weighted by atomic mass is 35.5. The van der Waals surface area contributed by atoms with Crippen molar-refractivity contribution in [3.8, 4) is 11.3 Å². The Morgan fingerprint density at radius 2 is 1.88 bits per heavy atom. The van der Waals surface area contributed by atoms with E-state index in [0.717, 1.165) is 11.1 Å². The Hall–Kier alpha value is -2.83. The number of nitrogens with zero attached hydrogens (tertiary/aromatic N) is 1. The van der Waals surface area contributed by atoms with Gasteiger partial charge in [-0.3, -0.25) is 14.9 Å². The smallest absolute Gasteiger partial charge is 0.291 e. The molecule has 0 bridgehead atoms.